The summed E-state index contributed by atoms with van der Waals surface area (Å²) in [5.74, 6) is 0.866. The van der Waals surface area contributed by atoms with Gasteiger partial charge in [0.1, 0.15) is 24.3 Å². The van der Waals surface area contributed by atoms with Gasteiger partial charge >= 0.3 is 6.36 Å². The standard InChI is InChI=1S/C24H24F3N3O3/c1-29-18(13-21(28-29)16-2-3-16)14-30-10-11-32-22-9-6-17(12-20(22)23(30)31)15-4-7-19(8-5-15)33-24(25,26)27/h4-9,12-13,16,23,31H,2-3,10-11,14H2,1H3. The number of halogens is 3. The predicted molar refractivity (Wildman–Crippen MR) is 115 cm³/mol. The van der Waals surface area contributed by atoms with Gasteiger partial charge in [-0.25, -0.2) is 0 Å². The third-order valence-electron chi connectivity index (χ3n) is 6.05. The van der Waals surface area contributed by atoms with E-state index < -0.39 is 12.6 Å². The van der Waals surface area contributed by atoms with Crippen LogP contribution in [-0.4, -0.2) is 39.3 Å². The summed E-state index contributed by atoms with van der Waals surface area (Å²) in [6.45, 7) is 1.49. The summed E-state index contributed by atoms with van der Waals surface area (Å²) < 4.78 is 48.9. The lowest BCUT2D eigenvalue weighted by molar-refractivity contribution is -0.274. The Balaban J connectivity index is 1.37. The number of fused-ring (bicyclic) bond motifs is 1. The van der Waals surface area contributed by atoms with Crippen LogP contribution in [-0.2, 0) is 13.6 Å². The lowest BCUT2D eigenvalue weighted by Gasteiger charge is -2.25. The van der Waals surface area contributed by atoms with Crippen molar-refractivity contribution in [1.29, 1.82) is 0 Å². The Morgan fingerprint density at radius 1 is 1.09 bits per heavy atom. The third kappa shape index (κ3) is 4.84. The Bertz CT molecular complexity index is 1140. The summed E-state index contributed by atoms with van der Waals surface area (Å²) in [5.41, 5.74) is 4.21. The van der Waals surface area contributed by atoms with Crippen LogP contribution in [0.4, 0.5) is 13.2 Å². The Morgan fingerprint density at radius 3 is 2.52 bits per heavy atom. The number of aliphatic hydroxyl groups is 1. The number of aryl methyl sites for hydroxylation is 1. The zero-order chi connectivity index (χ0) is 23.2. The van der Waals surface area contributed by atoms with Gasteiger partial charge in [-0.05, 0) is 54.3 Å². The van der Waals surface area contributed by atoms with E-state index in [-0.39, 0.29) is 5.75 Å². The van der Waals surface area contributed by atoms with Crippen LogP contribution in [0.3, 0.4) is 0 Å². The van der Waals surface area contributed by atoms with Gasteiger partial charge < -0.3 is 14.6 Å². The fourth-order valence-corrected chi connectivity index (χ4v) is 4.13. The molecule has 3 aromatic rings. The molecule has 0 spiro atoms. The van der Waals surface area contributed by atoms with Crippen LogP contribution < -0.4 is 9.47 Å². The second-order valence-corrected chi connectivity index (χ2v) is 8.48. The maximum Gasteiger partial charge on any atom is 0.573 e. The molecule has 1 saturated carbocycles. The van der Waals surface area contributed by atoms with Gasteiger partial charge in [-0.15, -0.1) is 13.2 Å². The second-order valence-electron chi connectivity index (χ2n) is 8.48. The zero-order valence-corrected chi connectivity index (χ0v) is 18.0. The molecule has 0 radical (unpaired) electrons. The first-order valence-corrected chi connectivity index (χ1v) is 10.8. The molecular formula is C24H24F3N3O3. The topological polar surface area (TPSA) is 59.8 Å². The normalized spacial score (nSPS) is 19.0. The van der Waals surface area contributed by atoms with Crippen molar-refractivity contribution in [3.63, 3.8) is 0 Å². The molecule has 2 aliphatic rings. The molecule has 1 aromatic heterocycles. The van der Waals surface area contributed by atoms with Crippen LogP contribution in [0.5, 0.6) is 11.5 Å². The maximum atomic E-state index is 12.4. The van der Waals surface area contributed by atoms with Gasteiger partial charge in [0, 0.05) is 31.6 Å². The average Bonchev–Trinajstić information content (AvgIpc) is 3.57. The summed E-state index contributed by atoms with van der Waals surface area (Å²) >= 11 is 0. The molecule has 1 aliphatic carbocycles. The molecule has 1 N–H and O–H groups in total. The minimum absolute atomic E-state index is 0.280. The zero-order valence-electron chi connectivity index (χ0n) is 18.0. The first kappa shape index (κ1) is 21.8. The lowest BCUT2D eigenvalue weighted by atomic mass is 10.0. The smallest absolute Gasteiger partial charge is 0.492 e. The molecule has 2 aromatic carbocycles. The first-order chi connectivity index (χ1) is 15.8. The van der Waals surface area contributed by atoms with Gasteiger partial charge in [-0.1, -0.05) is 18.2 Å². The predicted octanol–water partition coefficient (Wildman–Crippen LogP) is 4.75. The summed E-state index contributed by atoms with van der Waals surface area (Å²) in [4.78, 5) is 1.93. The van der Waals surface area contributed by atoms with Gasteiger partial charge in [-0.3, -0.25) is 9.58 Å². The van der Waals surface area contributed by atoms with Crippen molar-refractivity contribution in [3.05, 3.63) is 65.5 Å². The number of hydrogen-bond acceptors (Lipinski definition) is 5. The molecule has 0 bridgehead atoms. The number of ether oxygens (including phenoxy) is 2. The highest BCUT2D eigenvalue weighted by Gasteiger charge is 2.31. The van der Waals surface area contributed by atoms with Gasteiger partial charge in [0.2, 0.25) is 0 Å². The van der Waals surface area contributed by atoms with E-state index in [1.165, 1.54) is 25.0 Å². The minimum Gasteiger partial charge on any atom is -0.492 e. The molecule has 1 aliphatic heterocycles. The summed E-state index contributed by atoms with van der Waals surface area (Å²) in [7, 11) is 1.92. The van der Waals surface area contributed by atoms with Gasteiger partial charge in [-0.2, -0.15) is 5.10 Å². The average molecular weight is 459 g/mol. The maximum absolute atomic E-state index is 12.4. The van der Waals surface area contributed by atoms with Crippen molar-refractivity contribution in [3.8, 4) is 22.6 Å². The Morgan fingerprint density at radius 2 is 1.82 bits per heavy atom. The first-order valence-electron chi connectivity index (χ1n) is 10.8. The van der Waals surface area contributed by atoms with E-state index in [0.717, 1.165) is 17.0 Å². The molecule has 1 unspecified atom stereocenters. The van der Waals surface area contributed by atoms with Crippen molar-refractivity contribution in [2.45, 2.75) is 37.9 Å². The van der Waals surface area contributed by atoms with Gasteiger partial charge in [0.05, 0.1) is 11.4 Å². The molecule has 2 heterocycles. The van der Waals surface area contributed by atoms with E-state index in [4.69, 9.17) is 4.74 Å². The quantitative estimate of drug-likeness (QED) is 0.597. The third-order valence-corrected chi connectivity index (χ3v) is 6.05. The van der Waals surface area contributed by atoms with Crippen LogP contribution in [0.1, 0.15) is 41.9 Å². The number of aromatic nitrogens is 2. The molecule has 174 valence electrons. The highest BCUT2D eigenvalue weighted by atomic mass is 19.4. The molecule has 9 heteroatoms. The van der Waals surface area contributed by atoms with Crippen LogP contribution in [0.2, 0.25) is 0 Å². The van der Waals surface area contributed by atoms with Crippen LogP contribution >= 0.6 is 0 Å². The van der Waals surface area contributed by atoms with E-state index in [2.05, 4.69) is 15.9 Å². The molecule has 5 rings (SSSR count). The number of alkyl halides is 3. The number of aliphatic hydroxyl groups excluding tert-OH is 1. The number of benzene rings is 2. The molecule has 1 atom stereocenters. The fourth-order valence-electron chi connectivity index (χ4n) is 4.13. The highest BCUT2D eigenvalue weighted by molar-refractivity contribution is 5.66. The van der Waals surface area contributed by atoms with E-state index >= 15 is 0 Å². The van der Waals surface area contributed by atoms with Crippen molar-refractivity contribution >= 4 is 0 Å². The summed E-state index contributed by atoms with van der Waals surface area (Å²) in [6, 6.07) is 13.2. The van der Waals surface area contributed by atoms with Crippen LogP contribution in [0.15, 0.2) is 48.5 Å². The summed E-state index contributed by atoms with van der Waals surface area (Å²) in [5, 5.41) is 15.8. The number of nitrogens with zero attached hydrogens (tertiary/aromatic N) is 3. The molecule has 6 nitrogen and oxygen atoms in total. The van der Waals surface area contributed by atoms with E-state index in [9.17, 15) is 18.3 Å². The van der Waals surface area contributed by atoms with Crippen LogP contribution in [0.25, 0.3) is 11.1 Å². The van der Waals surface area contributed by atoms with Gasteiger partial charge in [0.15, 0.2) is 0 Å². The number of hydrogen-bond donors (Lipinski definition) is 1. The molecular weight excluding hydrogens is 435 g/mol. The highest BCUT2D eigenvalue weighted by Crippen LogP contribution is 2.40. The monoisotopic (exact) mass is 459 g/mol. The van der Waals surface area contributed by atoms with E-state index in [1.54, 1.807) is 18.2 Å². The van der Waals surface area contributed by atoms with E-state index in [1.807, 2.05) is 28.8 Å². The largest absolute Gasteiger partial charge is 0.573 e. The van der Waals surface area contributed by atoms with Gasteiger partial charge in [0.25, 0.3) is 0 Å². The van der Waals surface area contributed by atoms with Crippen molar-refractivity contribution in [2.24, 2.45) is 7.05 Å². The van der Waals surface area contributed by atoms with Crippen molar-refractivity contribution < 1.29 is 27.8 Å². The molecule has 0 amide bonds. The Kier molecular flexibility index (Phi) is 5.54. The second kappa shape index (κ2) is 8.39. The lowest BCUT2D eigenvalue weighted by Crippen LogP contribution is -2.30. The SMILES string of the molecule is Cn1nc(C2CC2)cc1CN1CCOc2ccc(-c3ccc(OC(F)(F)F)cc3)cc2C1O. The molecule has 1 fully saturated rings. The Labute approximate surface area is 189 Å². The minimum atomic E-state index is -4.73. The molecule has 0 saturated heterocycles. The van der Waals surface area contributed by atoms with Crippen molar-refractivity contribution in [1.82, 2.24) is 14.7 Å². The Hall–Kier alpha value is -3.04. The summed E-state index contributed by atoms with van der Waals surface area (Å²) in [6.07, 6.45) is -3.27. The van der Waals surface area contributed by atoms with E-state index in [0.29, 0.717) is 42.5 Å². The number of rotatable bonds is 5. The fraction of sp³-hybridized carbons (Fsp3) is 0.375. The van der Waals surface area contributed by atoms with Crippen molar-refractivity contribution in [2.75, 3.05) is 13.2 Å². The molecule has 33 heavy (non-hydrogen) atoms. The van der Waals surface area contributed by atoms with Crippen LogP contribution in [0, 0.1) is 0 Å².